The maximum atomic E-state index is 11.4. The van der Waals surface area contributed by atoms with E-state index < -0.39 is 5.97 Å². The van der Waals surface area contributed by atoms with Crippen molar-refractivity contribution in [2.45, 2.75) is 6.92 Å². The number of carboxylic acid groups (broad SMARTS) is 1. The molecule has 2 aromatic heterocycles. The standard InChI is InChI=1S/C13H10N4O2/c1-7-11(12(18)19)17-10-4-3-8(6-14)5-9(10)15-13(17)16(7)2/h3-5H,1-2H3,(H,18,19). The maximum absolute atomic E-state index is 11.4. The first kappa shape index (κ1) is 11.3. The lowest BCUT2D eigenvalue weighted by Gasteiger charge is -1.97. The molecule has 1 aromatic carbocycles. The average Bonchev–Trinajstić information content (AvgIpc) is 2.86. The SMILES string of the molecule is Cc1c(C(=O)O)n2c3ccc(C#N)cc3nc2n1C. The normalized spacial score (nSPS) is 11.0. The van der Waals surface area contributed by atoms with Crippen LogP contribution in [0.5, 0.6) is 0 Å². The lowest BCUT2D eigenvalue weighted by molar-refractivity contribution is 0.0688. The van der Waals surface area contributed by atoms with Crippen molar-refractivity contribution in [3.05, 3.63) is 35.2 Å². The highest BCUT2D eigenvalue weighted by molar-refractivity contribution is 5.92. The maximum Gasteiger partial charge on any atom is 0.354 e. The van der Waals surface area contributed by atoms with Crippen LogP contribution in [0.4, 0.5) is 0 Å². The van der Waals surface area contributed by atoms with Crippen molar-refractivity contribution < 1.29 is 9.90 Å². The molecule has 0 unspecified atom stereocenters. The van der Waals surface area contributed by atoms with E-state index in [1.54, 1.807) is 41.1 Å². The van der Waals surface area contributed by atoms with Crippen LogP contribution in [0.2, 0.25) is 0 Å². The van der Waals surface area contributed by atoms with E-state index in [1.807, 2.05) is 6.07 Å². The Bertz CT molecular complexity index is 880. The van der Waals surface area contributed by atoms with E-state index in [0.717, 1.165) is 0 Å². The first-order valence-corrected chi connectivity index (χ1v) is 5.65. The van der Waals surface area contributed by atoms with Crippen LogP contribution in [0.15, 0.2) is 18.2 Å². The molecule has 0 spiro atoms. The molecule has 6 heteroatoms. The molecule has 2 heterocycles. The summed E-state index contributed by atoms with van der Waals surface area (Å²) in [7, 11) is 1.77. The van der Waals surface area contributed by atoms with E-state index in [9.17, 15) is 9.90 Å². The Morgan fingerprint density at radius 1 is 1.47 bits per heavy atom. The zero-order valence-corrected chi connectivity index (χ0v) is 10.4. The number of rotatable bonds is 1. The van der Waals surface area contributed by atoms with Crippen molar-refractivity contribution in [1.82, 2.24) is 14.0 Å². The molecule has 0 amide bonds. The summed E-state index contributed by atoms with van der Waals surface area (Å²) >= 11 is 0. The largest absolute Gasteiger partial charge is 0.477 e. The molecule has 1 N–H and O–H groups in total. The van der Waals surface area contributed by atoms with E-state index in [4.69, 9.17) is 5.26 Å². The van der Waals surface area contributed by atoms with Gasteiger partial charge in [-0.3, -0.25) is 4.40 Å². The van der Waals surface area contributed by atoms with Gasteiger partial charge in [0.15, 0.2) is 5.69 Å². The Hall–Kier alpha value is -2.81. The molecule has 3 rings (SSSR count). The molecule has 94 valence electrons. The van der Waals surface area contributed by atoms with Gasteiger partial charge in [0.25, 0.3) is 0 Å². The van der Waals surface area contributed by atoms with Gasteiger partial charge in [0.05, 0.1) is 22.7 Å². The number of imidazole rings is 2. The topological polar surface area (TPSA) is 83.3 Å². The number of carboxylic acids is 1. The van der Waals surface area contributed by atoms with Gasteiger partial charge in [-0.2, -0.15) is 5.26 Å². The fourth-order valence-corrected chi connectivity index (χ4v) is 2.30. The van der Waals surface area contributed by atoms with Crippen molar-refractivity contribution >= 4 is 22.8 Å². The molecule has 0 aliphatic heterocycles. The van der Waals surface area contributed by atoms with Gasteiger partial charge in [-0.15, -0.1) is 0 Å². The quantitative estimate of drug-likeness (QED) is 0.716. The number of aromatic nitrogens is 3. The molecule has 0 saturated heterocycles. The van der Waals surface area contributed by atoms with Gasteiger partial charge in [-0.1, -0.05) is 0 Å². The fourth-order valence-electron chi connectivity index (χ4n) is 2.30. The number of fused-ring (bicyclic) bond motifs is 3. The molecule has 0 bridgehead atoms. The Balaban J connectivity index is 2.54. The van der Waals surface area contributed by atoms with E-state index in [2.05, 4.69) is 4.98 Å². The molecular formula is C13H10N4O2. The number of hydrogen-bond donors (Lipinski definition) is 1. The minimum Gasteiger partial charge on any atom is -0.477 e. The third-order valence-electron chi connectivity index (χ3n) is 3.34. The summed E-state index contributed by atoms with van der Waals surface area (Å²) in [4.78, 5) is 15.8. The second kappa shape index (κ2) is 3.59. The van der Waals surface area contributed by atoms with Gasteiger partial charge in [0.1, 0.15) is 0 Å². The Kier molecular flexibility index (Phi) is 2.13. The molecule has 3 aromatic rings. The van der Waals surface area contributed by atoms with Crippen molar-refractivity contribution in [1.29, 1.82) is 5.26 Å². The lowest BCUT2D eigenvalue weighted by atomic mass is 10.2. The number of hydrogen-bond acceptors (Lipinski definition) is 3. The van der Waals surface area contributed by atoms with Crippen molar-refractivity contribution in [2.24, 2.45) is 7.05 Å². The number of benzene rings is 1. The predicted octanol–water partition coefficient (Wildman–Crippen LogP) is 1.70. The van der Waals surface area contributed by atoms with Crippen LogP contribution in [0.3, 0.4) is 0 Å². The summed E-state index contributed by atoms with van der Waals surface area (Å²) < 4.78 is 3.34. The van der Waals surface area contributed by atoms with E-state index in [0.29, 0.717) is 28.1 Å². The molecule has 0 atom stereocenters. The summed E-state index contributed by atoms with van der Waals surface area (Å²) in [5, 5.41) is 18.2. The monoisotopic (exact) mass is 254 g/mol. The highest BCUT2D eigenvalue weighted by Gasteiger charge is 2.21. The second-order valence-electron chi connectivity index (χ2n) is 4.36. The fraction of sp³-hybridized carbons (Fsp3) is 0.154. The predicted molar refractivity (Wildman–Crippen MR) is 68.1 cm³/mol. The molecule has 0 aliphatic carbocycles. The average molecular weight is 254 g/mol. The molecule has 6 nitrogen and oxygen atoms in total. The first-order chi connectivity index (χ1) is 9.04. The number of nitrogens with zero attached hydrogens (tertiary/aromatic N) is 4. The van der Waals surface area contributed by atoms with Gasteiger partial charge in [0.2, 0.25) is 5.78 Å². The van der Waals surface area contributed by atoms with Crippen LogP contribution in [-0.4, -0.2) is 25.0 Å². The van der Waals surface area contributed by atoms with Crippen molar-refractivity contribution in [3.63, 3.8) is 0 Å². The molecule has 0 aliphatic rings. The minimum absolute atomic E-state index is 0.199. The number of aromatic carboxylic acids is 1. The van der Waals surface area contributed by atoms with Crippen LogP contribution in [0.1, 0.15) is 21.7 Å². The Morgan fingerprint density at radius 3 is 2.84 bits per heavy atom. The number of nitriles is 1. The van der Waals surface area contributed by atoms with Crippen molar-refractivity contribution in [2.75, 3.05) is 0 Å². The molecule has 0 fully saturated rings. The van der Waals surface area contributed by atoms with Gasteiger partial charge in [-0.05, 0) is 25.1 Å². The van der Waals surface area contributed by atoms with Crippen LogP contribution >= 0.6 is 0 Å². The van der Waals surface area contributed by atoms with Gasteiger partial charge >= 0.3 is 5.97 Å². The van der Waals surface area contributed by atoms with Gasteiger partial charge < -0.3 is 9.67 Å². The molecule has 19 heavy (non-hydrogen) atoms. The highest BCUT2D eigenvalue weighted by Crippen LogP contribution is 2.23. The van der Waals surface area contributed by atoms with Crippen LogP contribution in [-0.2, 0) is 7.05 Å². The number of aryl methyl sites for hydroxylation is 1. The second-order valence-corrected chi connectivity index (χ2v) is 4.36. The smallest absolute Gasteiger partial charge is 0.354 e. The molecular weight excluding hydrogens is 244 g/mol. The Labute approximate surface area is 108 Å². The summed E-state index contributed by atoms with van der Waals surface area (Å²) in [6.45, 7) is 1.74. The summed E-state index contributed by atoms with van der Waals surface area (Å²) in [6, 6.07) is 7.08. The first-order valence-electron chi connectivity index (χ1n) is 5.65. The molecule has 0 saturated carbocycles. The van der Waals surface area contributed by atoms with Gasteiger partial charge in [-0.25, -0.2) is 9.78 Å². The van der Waals surface area contributed by atoms with Crippen LogP contribution in [0.25, 0.3) is 16.8 Å². The van der Waals surface area contributed by atoms with E-state index >= 15 is 0 Å². The zero-order chi connectivity index (χ0) is 13.7. The van der Waals surface area contributed by atoms with Crippen molar-refractivity contribution in [3.8, 4) is 6.07 Å². The highest BCUT2D eigenvalue weighted by atomic mass is 16.4. The Morgan fingerprint density at radius 2 is 2.21 bits per heavy atom. The summed E-state index contributed by atoms with van der Waals surface area (Å²) in [5.74, 6) is -0.438. The van der Waals surface area contributed by atoms with Gasteiger partial charge in [0, 0.05) is 12.7 Å². The lowest BCUT2D eigenvalue weighted by Crippen LogP contribution is -2.03. The van der Waals surface area contributed by atoms with E-state index in [1.165, 1.54) is 0 Å². The summed E-state index contributed by atoms with van der Waals surface area (Å²) in [6.07, 6.45) is 0. The minimum atomic E-state index is -0.994. The number of carbonyl (C=O) groups is 1. The third-order valence-corrected chi connectivity index (χ3v) is 3.34. The summed E-state index contributed by atoms with van der Waals surface area (Å²) in [5.41, 5.74) is 2.65. The molecule has 0 radical (unpaired) electrons. The van der Waals surface area contributed by atoms with Crippen LogP contribution in [0, 0.1) is 18.3 Å². The zero-order valence-electron chi connectivity index (χ0n) is 10.4. The third kappa shape index (κ3) is 1.35. The van der Waals surface area contributed by atoms with E-state index in [-0.39, 0.29) is 5.69 Å². The van der Waals surface area contributed by atoms with Crippen LogP contribution < -0.4 is 0 Å².